The van der Waals surface area contributed by atoms with Gasteiger partial charge in [-0.05, 0) is 43.2 Å². The van der Waals surface area contributed by atoms with Crippen LogP contribution < -0.4 is 5.56 Å². The summed E-state index contributed by atoms with van der Waals surface area (Å²) in [6.45, 7) is 6.81. The van der Waals surface area contributed by atoms with Crippen LogP contribution in [0, 0.1) is 5.92 Å². The fourth-order valence-corrected chi connectivity index (χ4v) is 5.67. The van der Waals surface area contributed by atoms with Gasteiger partial charge >= 0.3 is 5.97 Å². The average molecular weight is 391 g/mol. The molecule has 0 amide bonds. The maximum absolute atomic E-state index is 13.2. The lowest BCUT2D eigenvalue weighted by atomic mass is 9.89. The Morgan fingerprint density at radius 2 is 2.11 bits per heavy atom. The van der Waals surface area contributed by atoms with Crippen LogP contribution in [0.2, 0.25) is 0 Å². The van der Waals surface area contributed by atoms with Gasteiger partial charge in [0.2, 0.25) is 0 Å². The summed E-state index contributed by atoms with van der Waals surface area (Å²) >= 11 is 1.61. The van der Waals surface area contributed by atoms with Crippen LogP contribution in [0.5, 0.6) is 0 Å². The molecule has 3 heterocycles. The summed E-state index contributed by atoms with van der Waals surface area (Å²) in [4.78, 5) is 28.6. The molecule has 0 aromatic carbocycles. The van der Waals surface area contributed by atoms with Crippen molar-refractivity contribution in [2.75, 3.05) is 32.8 Å². The molecule has 1 N–H and O–H groups in total. The van der Waals surface area contributed by atoms with E-state index in [1.54, 1.807) is 17.4 Å². The van der Waals surface area contributed by atoms with E-state index in [-0.39, 0.29) is 11.3 Å². The van der Waals surface area contributed by atoms with Crippen LogP contribution in [0.25, 0.3) is 10.1 Å². The predicted octanol–water partition coefficient (Wildman–Crippen LogP) is 2.61. The lowest BCUT2D eigenvalue weighted by Crippen LogP contribution is -2.37. The van der Waals surface area contributed by atoms with Gasteiger partial charge in [0.25, 0.3) is 5.56 Å². The number of aryl methyl sites for hydroxylation is 1. The number of thiophene rings is 1. The van der Waals surface area contributed by atoms with Gasteiger partial charge in [-0.15, -0.1) is 11.3 Å². The van der Waals surface area contributed by atoms with Gasteiger partial charge in [0.15, 0.2) is 0 Å². The van der Waals surface area contributed by atoms with Crippen molar-refractivity contribution < 1.29 is 14.6 Å². The number of rotatable bonds is 5. The molecule has 0 spiro atoms. The number of aromatic carboxylic acids is 1. The predicted molar refractivity (Wildman–Crippen MR) is 106 cm³/mol. The summed E-state index contributed by atoms with van der Waals surface area (Å²) in [5.74, 6) is -0.402. The van der Waals surface area contributed by atoms with E-state index in [9.17, 15) is 14.7 Å². The molecule has 146 valence electrons. The molecule has 0 bridgehead atoms. The monoisotopic (exact) mass is 390 g/mol. The summed E-state index contributed by atoms with van der Waals surface area (Å²) < 4.78 is 7.68. The second-order valence-electron chi connectivity index (χ2n) is 7.69. The molecule has 1 fully saturated rings. The zero-order chi connectivity index (χ0) is 19.0. The third-order valence-electron chi connectivity index (χ3n) is 5.74. The van der Waals surface area contributed by atoms with Crippen LogP contribution in [0.15, 0.2) is 10.9 Å². The third kappa shape index (κ3) is 3.68. The number of fused-ring (bicyclic) bond motifs is 3. The molecule has 4 rings (SSSR count). The number of carboxylic acid groups (broad SMARTS) is 1. The molecule has 2 aromatic rings. The number of nitrogens with zero attached hydrogens (tertiary/aromatic N) is 2. The number of carboxylic acids is 1. The molecule has 1 unspecified atom stereocenters. The lowest BCUT2D eigenvalue weighted by Gasteiger charge is -2.26. The SMILES string of the molecule is CC1CCc2c(sc3cc(C(=O)O)n(CCCN4CCOCC4)c(=O)c23)C1. The normalized spacial score (nSPS) is 20.7. The molecule has 1 aliphatic carbocycles. The number of aromatic nitrogens is 1. The maximum atomic E-state index is 13.2. The number of carbonyl (C=O) groups is 1. The largest absolute Gasteiger partial charge is 0.477 e. The van der Waals surface area contributed by atoms with Crippen LogP contribution in [0.1, 0.15) is 40.7 Å². The highest BCUT2D eigenvalue weighted by molar-refractivity contribution is 7.19. The first-order valence-corrected chi connectivity index (χ1v) is 10.6. The number of ether oxygens (including phenoxy) is 1. The van der Waals surface area contributed by atoms with Gasteiger partial charge in [0, 0.05) is 35.8 Å². The second kappa shape index (κ2) is 7.73. The standard InChI is InChI=1S/C20H26N2O4S/c1-13-3-4-14-16(11-13)27-17-12-15(20(24)25)22(19(23)18(14)17)6-2-5-21-7-9-26-10-8-21/h12-13H,2-11H2,1H3,(H,24,25). The third-order valence-corrected chi connectivity index (χ3v) is 6.94. The maximum Gasteiger partial charge on any atom is 0.352 e. The Morgan fingerprint density at radius 3 is 2.85 bits per heavy atom. The highest BCUT2D eigenvalue weighted by Crippen LogP contribution is 2.36. The molecule has 1 aliphatic heterocycles. The van der Waals surface area contributed by atoms with E-state index in [0.717, 1.165) is 74.2 Å². The van der Waals surface area contributed by atoms with Gasteiger partial charge in [-0.2, -0.15) is 0 Å². The van der Waals surface area contributed by atoms with E-state index in [0.29, 0.717) is 12.5 Å². The molecule has 2 aliphatic rings. The molecule has 1 saturated heterocycles. The zero-order valence-corrected chi connectivity index (χ0v) is 16.5. The van der Waals surface area contributed by atoms with Crippen molar-refractivity contribution in [2.45, 2.75) is 39.2 Å². The van der Waals surface area contributed by atoms with Crippen molar-refractivity contribution in [2.24, 2.45) is 5.92 Å². The Hall–Kier alpha value is -1.70. The minimum absolute atomic E-state index is 0.112. The summed E-state index contributed by atoms with van der Waals surface area (Å²) in [5, 5.41) is 10.4. The summed E-state index contributed by atoms with van der Waals surface area (Å²) in [7, 11) is 0. The molecular weight excluding hydrogens is 364 g/mol. The first-order valence-electron chi connectivity index (χ1n) is 9.76. The van der Waals surface area contributed by atoms with Gasteiger partial charge < -0.3 is 14.4 Å². The van der Waals surface area contributed by atoms with Crippen molar-refractivity contribution in [3.05, 3.63) is 32.6 Å². The number of hydrogen-bond donors (Lipinski definition) is 1. The smallest absolute Gasteiger partial charge is 0.352 e. The number of pyridine rings is 1. The Kier molecular flexibility index (Phi) is 5.34. The molecule has 0 radical (unpaired) electrons. The molecule has 2 aromatic heterocycles. The Labute approximate surface area is 162 Å². The Balaban J connectivity index is 1.65. The van der Waals surface area contributed by atoms with Crippen LogP contribution in [-0.2, 0) is 24.1 Å². The van der Waals surface area contributed by atoms with Crippen molar-refractivity contribution in [3.63, 3.8) is 0 Å². The molecule has 27 heavy (non-hydrogen) atoms. The lowest BCUT2D eigenvalue weighted by molar-refractivity contribution is 0.0368. The molecule has 6 nitrogen and oxygen atoms in total. The van der Waals surface area contributed by atoms with Gasteiger partial charge in [-0.25, -0.2) is 4.79 Å². The zero-order valence-electron chi connectivity index (χ0n) is 15.7. The minimum atomic E-state index is -1.03. The fraction of sp³-hybridized carbons (Fsp3) is 0.600. The van der Waals surface area contributed by atoms with E-state index in [2.05, 4.69) is 11.8 Å². The van der Waals surface area contributed by atoms with E-state index in [1.165, 1.54) is 9.44 Å². The van der Waals surface area contributed by atoms with Crippen molar-refractivity contribution >= 4 is 27.4 Å². The summed E-state index contributed by atoms with van der Waals surface area (Å²) in [6.07, 6.45) is 3.77. The number of morpholine rings is 1. The summed E-state index contributed by atoms with van der Waals surface area (Å²) in [5.41, 5.74) is 1.15. The molecule has 0 saturated carbocycles. The van der Waals surface area contributed by atoms with Crippen LogP contribution in [0.4, 0.5) is 0 Å². The van der Waals surface area contributed by atoms with E-state index in [1.807, 2.05) is 0 Å². The minimum Gasteiger partial charge on any atom is -0.477 e. The quantitative estimate of drug-likeness (QED) is 0.850. The average Bonchev–Trinajstić information content (AvgIpc) is 3.01. The van der Waals surface area contributed by atoms with E-state index in [4.69, 9.17) is 4.74 Å². The molecular formula is C20H26N2O4S. The topological polar surface area (TPSA) is 71.8 Å². The Bertz CT molecular complexity index is 911. The van der Waals surface area contributed by atoms with Crippen LogP contribution in [-0.4, -0.2) is 53.4 Å². The van der Waals surface area contributed by atoms with Gasteiger partial charge in [0.05, 0.1) is 18.6 Å². The highest BCUT2D eigenvalue weighted by atomic mass is 32.1. The molecule has 7 heteroatoms. The first-order chi connectivity index (χ1) is 13.0. The fourth-order valence-electron chi connectivity index (χ4n) is 4.23. The van der Waals surface area contributed by atoms with E-state index >= 15 is 0 Å². The first kappa shape index (κ1) is 18.7. The van der Waals surface area contributed by atoms with Gasteiger partial charge in [-0.3, -0.25) is 9.69 Å². The van der Waals surface area contributed by atoms with Crippen molar-refractivity contribution in [3.8, 4) is 0 Å². The van der Waals surface area contributed by atoms with Gasteiger partial charge in [0.1, 0.15) is 5.69 Å². The van der Waals surface area contributed by atoms with Gasteiger partial charge in [-0.1, -0.05) is 6.92 Å². The van der Waals surface area contributed by atoms with E-state index < -0.39 is 5.97 Å². The second-order valence-corrected chi connectivity index (χ2v) is 8.83. The molecule has 1 atom stereocenters. The van der Waals surface area contributed by atoms with Crippen molar-refractivity contribution in [1.29, 1.82) is 0 Å². The van der Waals surface area contributed by atoms with Crippen molar-refractivity contribution in [1.82, 2.24) is 9.47 Å². The number of hydrogen-bond acceptors (Lipinski definition) is 5. The summed E-state index contributed by atoms with van der Waals surface area (Å²) in [6, 6.07) is 1.71. The Morgan fingerprint density at radius 1 is 1.33 bits per heavy atom. The highest BCUT2D eigenvalue weighted by Gasteiger charge is 2.25. The van der Waals surface area contributed by atoms with Crippen LogP contribution >= 0.6 is 11.3 Å². The van der Waals surface area contributed by atoms with Crippen LogP contribution in [0.3, 0.4) is 0 Å².